The molecule has 1 aliphatic heterocycles. The van der Waals surface area contributed by atoms with Gasteiger partial charge in [0.25, 0.3) is 0 Å². The molecule has 0 saturated heterocycles. The van der Waals surface area contributed by atoms with Gasteiger partial charge in [0.05, 0.1) is 18.0 Å². The van der Waals surface area contributed by atoms with Gasteiger partial charge in [-0.3, -0.25) is 4.79 Å². The number of oxime groups is 1. The first-order valence-electron chi connectivity index (χ1n) is 6.46. The predicted molar refractivity (Wildman–Crippen MR) is 80.1 cm³/mol. The Bertz CT molecular complexity index is 501. The summed E-state index contributed by atoms with van der Waals surface area (Å²) in [5.74, 6) is 0.718. The zero-order chi connectivity index (χ0) is 14.5. The summed E-state index contributed by atoms with van der Waals surface area (Å²) in [7, 11) is 0. The van der Waals surface area contributed by atoms with E-state index in [0.29, 0.717) is 18.2 Å². The molecule has 1 amide bonds. The lowest BCUT2D eigenvalue weighted by molar-refractivity contribution is -0.119. The number of hydrogen-bond acceptors (Lipinski definition) is 7. The topological polar surface area (TPSA) is 76.5 Å². The largest absolute Gasteiger partial charge is 0.390 e. The molecule has 1 unspecified atom stereocenters. The average Bonchev–Trinajstić information content (AvgIpc) is 3.03. The molecule has 0 bridgehead atoms. The van der Waals surface area contributed by atoms with Gasteiger partial charge in [-0.25, -0.2) is 0 Å². The molecule has 20 heavy (non-hydrogen) atoms. The van der Waals surface area contributed by atoms with Crippen molar-refractivity contribution < 1.29 is 9.63 Å². The van der Waals surface area contributed by atoms with Crippen molar-refractivity contribution in [2.24, 2.45) is 11.1 Å². The number of thioether (sulfide) groups is 1. The van der Waals surface area contributed by atoms with Gasteiger partial charge < -0.3 is 10.2 Å². The molecule has 0 aromatic carbocycles. The maximum Gasteiger partial charge on any atom is 0.230 e. The van der Waals surface area contributed by atoms with Gasteiger partial charge in [-0.1, -0.05) is 42.1 Å². The molecule has 0 aliphatic carbocycles. The number of hydrogen-bond donors (Lipinski definition) is 1. The van der Waals surface area contributed by atoms with E-state index < -0.39 is 0 Å². The van der Waals surface area contributed by atoms with Crippen LogP contribution in [0.2, 0.25) is 0 Å². The number of nitrogens with zero attached hydrogens (tertiary/aromatic N) is 3. The van der Waals surface area contributed by atoms with E-state index in [-0.39, 0.29) is 12.0 Å². The minimum absolute atomic E-state index is 0.0237. The van der Waals surface area contributed by atoms with E-state index in [0.717, 1.165) is 21.5 Å². The summed E-state index contributed by atoms with van der Waals surface area (Å²) in [6.07, 6.45) is 0.755. The van der Waals surface area contributed by atoms with Crippen molar-refractivity contribution in [3.63, 3.8) is 0 Å². The second-order valence-corrected chi connectivity index (χ2v) is 7.25. The van der Waals surface area contributed by atoms with Crippen LogP contribution in [0.15, 0.2) is 9.50 Å². The Morgan fingerprint density at radius 1 is 1.55 bits per heavy atom. The van der Waals surface area contributed by atoms with E-state index >= 15 is 0 Å². The monoisotopic (exact) mass is 314 g/mol. The number of carbonyl (C=O) groups excluding carboxylic acids is 1. The van der Waals surface area contributed by atoms with E-state index in [1.165, 1.54) is 23.1 Å². The van der Waals surface area contributed by atoms with Crippen LogP contribution in [0.1, 0.15) is 25.3 Å². The lowest BCUT2D eigenvalue weighted by atomic mass is 10.0. The zero-order valence-electron chi connectivity index (χ0n) is 11.8. The van der Waals surface area contributed by atoms with Crippen molar-refractivity contribution in [1.29, 1.82) is 0 Å². The van der Waals surface area contributed by atoms with E-state index in [2.05, 4.69) is 34.5 Å². The quantitative estimate of drug-likeness (QED) is 0.811. The molecule has 1 aromatic rings. The van der Waals surface area contributed by atoms with Crippen molar-refractivity contribution in [3.8, 4) is 0 Å². The number of aromatic nitrogens is 2. The van der Waals surface area contributed by atoms with Crippen LogP contribution in [0.5, 0.6) is 0 Å². The van der Waals surface area contributed by atoms with Gasteiger partial charge in [0.15, 0.2) is 4.34 Å². The molecule has 110 valence electrons. The van der Waals surface area contributed by atoms with E-state index in [1.807, 2.05) is 6.92 Å². The first-order chi connectivity index (χ1) is 9.54. The Hall–Kier alpha value is -1.15. The van der Waals surface area contributed by atoms with Crippen LogP contribution < -0.4 is 5.32 Å². The number of rotatable bonds is 6. The Labute approximate surface area is 126 Å². The van der Waals surface area contributed by atoms with E-state index in [4.69, 9.17) is 4.84 Å². The van der Waals surface area contributed by atoms with Crippen molar-refractivity contribution in [3.05, 3.63) is 5.01 Å². The number of carbonyl (C=O) groups is 1. The average molecular weight is 314 g/mol. The fraction of sp³-hybridized carbons (Fsp3) is 0.667. The van der Waals surface area contributed by atoms with Crippen LogP contribution in [0.3, 0.4) is 0 Å². The molecule has 8 heteroatoms. The molecule has 0 fully saturated rings. The Kier molecular flexibility index (Phi) is 5.36. The van der Waals surface area contributed by atoms with Gasteiger partial charge in [-0.05, 0) is 12.8 Å². The van der Waals surface area contributed by atoms with Crippen molar-refractivity contribution in [2.45, 2.75) is 37.6 Å². The van der Waals surface area contributed by atoms with Gasteiger partial charge in [-0.15, -0.1) is 10.2 Å². The number of amides is 1. The van der Waals surface area contributed by atoms with Crippen molar-refractivity contribution in [1.82, 2.24) is 15.5 Å². The number of aryl methyl sites for hydroxylation is 1. The smallest absolute Gasteiger partial charge is 0.230 e. The SMILES string of the molecule is Cc1nnc(SCC(=O)NCC2CC(C(C)C)=NO2)s1. The number of nitrogens with one attached hydrogen (secondary N) is 1. The van der Waals surface area contributed by atoms with E-state index in [9.17, 15) is 4.79 Å². The third kappa shape index (κ3) is 4.45. The molecular weight excluding hydrogens is 296 g/mol. The highest BCUT2D eigenvalue weighted by Gasteiger charge is 2.23. The van der Waals surface area contributed by atoms with Crippen LogP contribution in [-0.2, 0) is 9.63 Å². The molecule has 0 saturated carbocycles. The van der Waals surface area contributed by atoms with Crippen LogP contribution in [-0.4, -0.2) is 40.2 Å². The standard InChI is InChI=1S/C12H18N4O2S2/c1-7(2)10-4-9(18-16-10)5-13-11(17)6-19-12-15-14-8(3)20-12/h7,9H,4-6H2,1-3H3,(H,13,17). The third-order valence-corrected chi connectivity index (χ3v) is 4.76. The molecule has 0 radical (unpaired) electrons. The molecule has 6 nitrogen and oxygen atoms in total. The van der Waals surface area contributed by atoms with Crippen LogP contribution >= 0.6 is 23.1 Å². The van der Waals surface area contributed by atoms with Crippen LogP contribution in [0.4, 0.5) is 0 Å². The van der Waals surface area contributed by atoms with Gasteiger partial charge in [-0.2, -0.15) is 0 Å². The van der Waals surface area contributed by atoms with Gasteiger partial charge in [0, 0.05) is 6.42 Å². The summed E-state index contributed by atoms with van der Waals surface area (Å²) in [5, 5.41) is 15.7. The Morgan fingerprint density at radius 2 is 2.35 bits per heavy atom. The lowest BCUT2D eigenvalue weighted by Gasteiger charge is -2.09. The molecular formula is C12H18N4O2S2. The highest BCUT2D eigenvalue weighted by Crippen LogP contribution is 2.21. The van der Waals surface area contributed by atoms with Gasteiger partial charge in [0.2, 0.25) is 5.91 Å². The Morgan fingerprint density at radius 3 is 2.95 bits per heavy atom. The predicted octanol–water partition coefficient (Wildman–Crippen LogP) is 1.86. The molecule has 1 atom stereocenters. The molecule has 0 spiro atoms. The normalized spacial score (nSPS) is 18.0. The maximum atomic E-state index is 11.7. The second-order valence-electron chi connectivity index (χ2n) is 4.85. The fourth-order valence-electron chi connectivity index (χ4n) is 1.64. The summed E-state index contributed by atoms with van der Waals surface area (Å²) in [6.45, 7) is 6.56. The van der Waals surface area contributed by atoms with Crippen LogP contribution in [0, 0.1) is 12.8 Å². The summed E-state index contributed by atoms with van der Waals surface area (Å²) in [6, 6.07) is 0. The molecule has 2 rings (SSSR count). The minimum atomic E-state index is -0.0369. The third-order valence-electron chi connectivity index (χ3n) is 2.78. The van der Waals surface area contributed by atoms with E-state index in [1.54, 1.807) is 0 Å². The van der Waals surface area contributed by atoms with Gasteiger partial charge in [0.1, 0.15) is 11.1 Å². The molecule has 1 N–H and O–H groups in total. The summed E-state index contributed by atoms with van der Waals surface area (Å²) in [5.41, 5.74) is 1.06. The minimum Gasteiger partial charge on any atom is -0.390 e. The molecule has 1 aromatic heterocycles. The van der Waals surface area contributed by atoms with Gasteiger partial charge >= 0.3 is 0 Å². The first kappa shape index (κ1) is 15.2. The fourth-order valence-corrected chi connectivity index (χ4v) is 3.29. The lowest BCUT2D eigenvalue weighted by Crippen LogP contribution is -2.33. The Balaban J connectivity index is 1.64. The van der Waals surface area contributed by atoms with Crippen molar-refractivity contribution in [2.75, 3.05) is 12.3 Å². The summed E-state index contributed by atoms with van der Waals surface area (Å²) in [4.78, 5) is 17.0. The summed E-state index contributed by atoms with van der Waals surface area (Å²) >= 11 is 2.90. The first-order valence-corrected chi connectivity index (χ1v) is 8.27. The maximum absolute atomic E-state index is 11.7. The highest BCUT2D eigenvalue weighted by molar-refractivity contribution is 8.01. The van der Waals surface area contributed by atoms with Crippen LogP contribution in [0.25, 0.3) is 0 Å². The summed E-state index contributed by atoms with van der Waals surface area (Å²) < 4.78 is 0.820. The molecule has 2 heterocycles. The molecule has 1 aliphatic rings. The second kappa shape index (κ2) is 7.03. The highest BCUT2D eigenvalue weighted by atomic mass is 32.2. The van der Waals surface area contributed by atoms with Crippen molar-refractivity contribution >= 4 is 34.7 Å². The zero-order valence-corrected chi connectivity index (χ0v) is 13.4.